The van der Waals surface area contributed by atoms with Gasteiger partial charge in [-0.25, -0.2) is 8.42 Å². The molecule has 1 fully saturated rings. The molecule has 0 aromatic heterocycles. The Bertz CT molecular complexity index is 791. The van der Waals surface area contributed by atoms with Crippen LogP contribution in [0.15, 0.2) is 23.1 Å². The summed E-state index contributed by atoms with van der Waals surface area (Å²) in [5.41, 5.74) is 0.165. The quantitative estimate of drug-likeness (QED) is 0.689. The molecule has 1 saturated heterocycles. The second kappa shape index (κ2) is 9.52. The topological polar surface area (TPSA) is 92.8 Å². The Morgan fingerprint density at radius 3 is 2.56 bits per heavy atom. The van der Waals surface area contributed by atoms with Crippen LogP contribution < -0.4 is 5.32 Å². The molecule has 1 aromatic rings. The summed E-state index contributed by atoms with van der Waals surface area (Å²) in [6, 6.07) is 4.19. The summed E-state index contributed by atoms with van der Waals surface area (Å²) >= 11 is 6.11. The van der Waals surface area contributed by atoms with Gasteiger partial charge in [0.15, 0.2) is 6.10 Å². The first-order valence-electron chi connectivity index (χ1n) is 9.05. The number of hydrogen-bond donors (Lipinski definition) is 1. The molecular weight excluding hydrogens is 392 g/mol. The molecule has 1 N–H and O–H groups in total. The third-order valence-electron chi connectivity index (χ3n) is 4.28. The summed E-state index contributed by atoms with van der Waals surface area (Å²) in [6.07, 6.45) is 2.51. The van der Waals surface area contributed by atoms with E-state index in [1.807, 2.05) is 6.92 Å². The highest BCUT2D eigenvalue weighted by molar-refractivity contribution is 7.89. The van der Waals surface area contributed by atoms with Gasteiger partial charge in [0, 0.05) is 19.5 Å². The van der Waals surface area contributed by atoms with Gasteiger partial charge in [0.25, 0.3) is 5.91 Å². The number of piperidine rings is 1. The number of amides is 1. The molecule has 1 aliphatic rings. The fourth-order valence-electron chi connectivity index (χ4n) is 2.76. The van der Waals surface area contributed by atoms with Gasteiger partial charge in [0.2, 0.25) is 10.0 Å². The Kier molecular flexibility index (Phi) is 7.64. The largest absolute Gasteiger partial charge is 0.453 e. The fourth-order valence-corrected chi connectivity index (χ4v) is 4.47. The number of anilines is 1. The first-order chi connectivity index (χ1) is 12.8. The van der Waals surface area contributed by atoms with Crippen molar-refractivity contribution in [2.45, 2.75) is 57.0 Å². The maximum absolute atomic E-state index is 12.8. The van der Waals surface area contributed by atoms with Crippen LogP contribution in [0, 0.1) is 0 Å². The summed E-state index contributed by atoms with van der Waals surface area (Å²) in [5, 5.41) is 2.74. The van der Waals surface area contributed by atoms with Gasteiger partial charge in [-0.1, -0.05) is 24.9 Å². The van der Waals surface area contributed by atoms with Gasteiger partial charge < -0.3 is 10.1 Å². The number of rotatable bonds is 7. The number of hydrogen-bond acceptors (Lipinski definition) is 5. The number of carbonyl (C=O) groups is 2. The maximum atomic E-state index is 12.8. The molecule has 0 bridgehead atoms. The number of sulfonamides is 1. The van der Waals surface area contributed by atoms with Gasteiger partial charge in [0.05, 0.1) is 15.6 Å². The van der Waals surface area contributed by atoms with Crippen LogP contribution in [0.25, 0.3) is 0 Å². The highest BCUT2D eigenvalue weighted by Gasteiger charge is 2.27. The van der Waals surface area contributed by atoms with Gasteiger partial charge in [-0.2, -0.15) is 4.31 Å². The van der Waals surface area contributed by atoms with E-state index in [2.05, 4.69) is 5.32 Å². The predicted molar refractivity (Wildman–Crippen MR) is 103 cm³/mol. The SMILES string of the molecule is CCCC(=O)O[C@@H](C)C(=O)Nc1cc(S(=O)(=O)N2CCCCC2)ccc1Cl. The second-order valence-corrected chi connectivity index (χ2v) is 8.82. The molecule has 1 aliphatic heterocycles. The van der Waals surface area contributed by atoms with E-state index in [-0.39, 0.29) is 22.0 Å². The number of carbonyl (C=O) groups excluding carboxylic acids is 2. The number of esters is 1. The van der Waals surface area contributed by atoms with Gasteiger partial charge in [-0.05, 0) is 44.4 Å². The number of nitrogens with zero attached hydrogens (tertiary/aromatic N) is 1. The molecule has 2 rings (SSSR count). The zero-order valence-corrected chi connectivity index (χ0v) is 17.1. The fraction of sp³-hybridized carbons (Fsp3) is 0.556. The monoisotopic (exact) mass is 416 g/mol. The van der Waals surface area contributed by atoms with E-state index in [0.717, 1.165) is 19.3 Å². The van der Waals surface area contributed by atoms with Crippen LogP contribution in [0.5, 0.6) is 0 Å². The van der Waals surface area contributed by atoms with E-state index in [0.29, 0.717) is 19.5 Å². The van der Waals surface area contributed by atoms with Crippen molar-refractivity contribution < 1.29 is 22.7 Å². The van der Waals surface area contributed by atoms with Gasteiger partial charge in [0.1, 0.15) is 0 Å². The lowest BCUT2D eigenvalue weighted by Crippen LogP contribution is -2.35. The summed E-state index contributed by atoms with van der Waals surface area (Å²) in [4.78, 5) is 23.9. The molecule has 9 heteroatoms. The van der Waals surface area contributed by atoms with Crippen LogP contribution in [0.3, 0.4) is 0 Å². The van der Waals surface area contributed by atoms with Crippen molar-refractivity contribution >= 4 is 39.2 Å². The smallest absolute Gasteiger partial charge is 0.306 e. The highest BCUT2D eigenvalue weighted by Crippen LogP contribution is 2.28. The molecule has 0 radical (unpaired) electrons. The van der Waals surface area contributed by atoms with Crippen molar-refractivity contribution in [2.75, 3.05) is 18.4 Å². The van der Waals surface area contributed by atoms with Crippen molar-refractivity contribution in [1.29, 1.82) is 0 Å². The molecule has 1 heterocycles. The third-order valence-corrected chi connectivity index (χ3v) is 6.50. The lowest BCUT2D eigenvalue weighted by Gasteiger charge is -2.26. The lowest BCUT2D eigenvalue weighted by atomic mass is 10.2. The summed E-state index contributed by atoms with van der Waals surface area (Å²) in [5.74, 6) is -1.04. The van der Waals surface area contributed by atoms with Crippen molar-refractivity contribution in [1.82, 2.24) is 4.31 Å². The second-order valence-electron chi connectivity index (χ2n) is 6.48. The minimum atomic E-state index is -3.65. The first-order valence-corrected chi connectivity index (χ1v) is 10.9. The molecule has 0 unspecified atom stereocenters. The van der Waals surface area contributed by atoms with Crippen LogP contribution >= 0.6 is 11.6 Å². The van der Waals surface area contributed by atoms with E-state index in [4.69, 9.17) is 16.3 Å². The predicted octanol–water partition coefficient (Wildman–Crippen LogP) is 3.18. The Hall–Kier alpha value is -1.64. The summed E-state index contributed by atoms with van der Waals surface area (Å²) in [6.45, 7) is 4.25. The molecule has 0 spiro atoms. The lowest BCUT2D eigenvalue weighted by molar-refractivity contribution is -0.153. The molecule has 0 saturated carbocycles. The minimum Gasteiger partial charge on any atom is -0.453 e. The van der Waals surface area contributed by atoms with E-state index in [1.165, 1.54) is 29.4 Å². The van der Waals surface area contributed by atoms with Crippen LogP contribution in [-0.4, -0.2) is 43.8 Å². The first kappa shape index (κ1) is 21.7. The van der Waals surface area contributed by atoms with Crippen molar-refractivity contribution in [3.05, 3.63) is 23.2 Å². The van der Waals surface area contributed by atoms with Gasteiger partial charge in [-0.3, -0.25) is 9.59 Å². The van der Waals surface area contributed by atoms with Crippen LogP contribution in [-0.2, 0) is 24.3 Å². The van der Waals surface area contributed by atoms with Crippen LogP contribution in [0.2, 0.25) is 5.02 Å². The van der Waals surface area contributed by atoms with Crippen molar-refractivity contribution in [3.63, 3.8) is 0 Å². The Morgan fingerprint density at radius 2 is 1.93 bits per heavy atom. The number of nitrogens with one attached hydrogen (secondary N) is 1. The van der Waals surface area contributed by atoms with E-state index < -0.39 is 28.0 Å². The zero-order chi connectivity index (χ0) is 20.0. The third kappa shape index (κ3) is 5.67. The average Bonchev–Trinajstić information content (AvgIpc) is 2.64. The molecule has 1 amide bonds. The standard InChI is InChI=1S/C18H25ClN2O5S/c1-3-7-17(22)26-13(2)18(23)20-16-12-14(8-9-15(16)19)27(24,25)21-10-5-4-6-11-21/h8-9,12-13H,3-7,10-11H2,1-2H3,(H,20,23)/t13-/m0/s1. The summed E-state index contributed by atoms with van der Waals surface area (Å²) in [7, 11) is -3.65. The average molecular weight is 417 g/mol. The number of ether oxygens (including phenoxy) is 1. The molecule has 150 valence electrons. The zero-order valence-electron chi connectivity index (χ0n) is 15.5. The Labute approximate surface area is 165 Å². The molecule has 1 atom stereocenters. The Balaban J connectivity index is 2.15. The van der Waals surface area contributed by atoms with E-state index in [1.54, 1.807) is 0 Å². The number of benzene rings is 1. The van der Waals surface area contributed by atoms with Gasteiger partial charge in [-0.15, -0.1) is 0 Å². The minimum absolute atomic E-state index is 0.0692. The summed E-state index contributed by atoms with van der Waals surface area (Å²) < 4.78 is 32.1. The van der Waals surface area contributed by atoms with Crippen LogP contribution in [0.4, 0.5) is 5.69 Å². The molecule has 1 aromatic carbocycles. The maximum Gasteiger partial charge on any atom is 0.306 e. The molecule has 27 heavy (non-hydrogen) atoms. The van der Waals surface area contributed by atoms with Crippen LogP contribution in [0.1, 0.15) is 46.0 Å². The molecule has 7 nitrogen and oxygen atoms in total. The van der Waals surface area contributed by atoms with Gasteiger partial charge >= 0.3 is 5.97 Å². The van der Waals surface area contributed by atoms with E-state index >= 15 is 0 Å². The normalized spacial score (nSPS) is 16.6. The highest BCUT2D eigenvalue weighted by atomic mass is 35.5. The molecular formula is C18H25ClN2O5S. The Morgan fingerprint density at radius 1 is 1.26 bits per heavy atom. The molecule has 0 aliphatic carbocycles. The van der Waals surface area contributed by atoms with Crippen molar-refractivity contribution in [3.8, 4) is 0 Å². The number of halogens is 1. The van der Waals surface area contributed by atoms with Crippen molar-refractivity contribution in [2.24, 2.45) is 0 Å². The van der Waals surface area contributed by atoms with E-state index in [9.17, 15) is 18.0 Å².